The van der Waals surface area contributed by atoms with Crippen molar-refractivity contribution in [2.45, 2.75) is 31.1 Å². The lowest BCUT2D eigenvalue weighted by atomic mass is 10.2. The number of carbonyl (C=O) groups excluding carboxylic acids is 1. The van der Waals surface area contributed by atoms with Gasteiger partial charge in [0.15, 0.2) is 0 Å². The summed E-state index contributed by atoms with van der Waals surface area (Å²) in [4.78, 5) is 12.4. The molecule has 0 aromatic heterocycles. The van der Waals surface area contributed by atoms with Gasteiger partial charge in [-0.3, -0.25) is 0 Å². The van der Waals surface area contributed by atoms with Gasteiger partial charge in [0.05, 0.1) is 10.5 Å². The van der Waals surface area contributed by atoms with E-state index in [2.05, 4.69) is 0 Å². The van der Waals surface area contributed by atoms with Gasteiger partial charge in [0, 0.05) is 13.1 Å². The normalized spacial score (nSPS) is 15.2. The van der Waals surface area contributed by atoms with Crippen LogP contribution in [-0.2, 0) is 14.8 Å². The zero-order valence-electron chi connectivity index (χ0n) is 16.0. The molecule has 6 nitrogen and oxygen atoms in total. The van der Waals surface area contributed by atoms with Crippen LogP contribution in [0.1, 0.15) is 35.2 Å². The molecule has 0 radical (unpaired) electrons. The fraction of sp³-hybridized carbons (Fsp3) is 0.381. The maximum atomic E-state index is 12.8. The van der Waals surface area contributed by atoms with Crippen LogP contribution < -0.4 is 4.74 Å². The van der Waals surface area contributed by atoms with Gasteiger partial charge in [-0.25, -0.2) is 13.2 Å². The van der Waals surface area contributed by atoms with Crippen LogP contribution in [0.4, 0.5) is 0 Å². The SMILES string of the molecule is Cc1ccccc1OCCOC(=O)c1cccc(S(=O)(=O)N2CCCCC2)c1. The molecule has 0 spiro atoms. The summed E-state index contributed by atoms with van der Waals surface area (Å²) in [5.74, 6) is 0.178. The molecule has 1 heterocycles. The number of ether oxygens (including phenoxy) is 2. The Morgan fingerprint density at radius 3 is 2.50 bits per heavy atom. The van der Waals surface area contributed by atoms with E-state index >= 15 is 0 Å². The summed E-state index contributed by atoms with van der Waals surface area (Å²) in [6, 6.07) is 13.6. The third kappa shape index (κ3) is 4.91. The summed E-state index contributed by atoms with van der Waals surface area (Å²) in [5, 5.41) is 0. The van der Waals surface area contributed by atoms with E-state index in [0.717, 1.165) is 30.6 Å². The second-order valence-corrected chi connectivity index (χ2v) is 8.68. The van der Waals surface area contributed by atoms with Crippen molar-refractivity contribution in [2.75, 3.05) is 26.3 Å². The molecule has 3 rings (SSSR count). The molecule has 0 aliphatic carbocycles. The third-order valence-electron chi connectivity index (χ3n) is 4.69. The minimum absolute atomic E-state index is 0.0796. The van der Waals surface area contributed by atoms with Crippen LogP contribution in [0.5, 0.6) is 5.75 Å². The van der Waals surface area contributed by atoms with Gasteiger partial charge >= 0.3 is 5.97 Å². The number of sulfonamides is 1. The summed E-state index contributed by atoms with van der Waals surface area (Å²) < 4.78 is 37.8. The van der Waals surface area contributed by atoms with Crippen molar-refractivity contribution in [1.82, 2.24) is 4.31 Å². The number of carbonyl (C=O) groups is 1. The minimum Gasteiger partial charge on any atom is -0.490 e. The smallest absolute Gasteiger partial charge is 0.338 e. The van der Waals surface area contributed by atoms with Crippen molar-refractivity contribution >= 4 is 16.0 Å². The first-order valence-corrected chi connectivity index (χ1v) is 10.9. The largest absolute Gasteiger partial charge is 0.490 e. The maximum absolute atomic E-state index is 12.8. The highest BCUT2D eigenvalue weighted by molar-refractivity contribution is 7.89. The number of nitrogens with zero attached hydrogens (tertiary/aromatic N) is 1. The molecule has 0 saturated carbocycles. The first-order chi connectivity index (χ1) is 13.5. The average molecular weight is 404 g/mol. The predicted octanol–water partition coefficient (Wildman–Crippen LogP) is 3.41. The highest BCUT2D eigenvalue weighted by atomic mass is 32.2. The van der Waals surface area contributed by atoms with Crippen molar-refractivity contribution in [3.05, 3.63) is 59.7 Å². The number of benzene rings is 2. The quantitative estimate of drug-likeness (QED) is 0.523. The number of rotatable bonds is 7. The number of esters is 1. The Bertz CT molecular complexity index is 920. The predicted molar refractivity (Wildman–Crippen MR) is 106 cm³/mol. The van der Waals surface area contributed by atoms with E-state index in [1.54, 1.807) is 12.1 Å². The van der Waals surface area contributed by atoms with E-state index in [4.69, 9.17) is 9.47 Å². The molecule has 0 unspecified atom stereocenters. The molecule has 0 amide bonds. The molecule has 1 fully saturated rings. The lowest BCUT2D eigenvalue weighted by Gasteiger charge is -2.25. The number of piperidine rings is 1. The first-order valence-electron chi connectivity index (χ1n) is 9.44. The number of hydrogen-bond donors (Lipinski definition) is 0. The highest BCUT2D eigenvalue weighted by Crippen LogP contribution is 2.21. The Balaban J connectivity index is 1.58. The second kappa shape index (κ2) is 9.21. The van der Waals surface area contributed by atoms with Gasteiger partial charge in [0.1, 0.15) is 19.0 Å². The molecule has 0 atom stereocenters. The average Bonchev–Trinajstić information content (AvgIpc) is 2.73. The molecule has 150 valence electrons. The molecule has 2 aromatic rings. The van der Waals surface area contributed by atoms with Crippen molar-refractivity contribution in [3.63, 3.8) is 0 Å². The van der Waals surface area contributed by atoms with Crippen LogP contribution >= 0.6 is 0 Å². The minimum atomic E-state index is -3.58. The Morgan fingerprint density at radius 2 is 1.75 bits per heavy atom. The summed E-state index contributed by atoms with van der Waals surface area (Å²) in [7, 11) is -3.58. The number of aryl methyl sites for hydroxylation is 1. The Morgan fingerprint density at radius 1 is 1.00 bits per heavy atom. The Hall–Kier alpha value is -2.38. The molecular formula is C21H25NO5S. The summed E-state index contributed by atoms with van der Waals surface area (Å²) in [6.07, 6.45) is 2.77. The van der Waals surface area contributed by atoms with Gasteiger partial charge in [0.2, 0.25) is 10.0 Å². The summed E-state index contributed by atoms with van der Waals surface area (Å²) in [6.45, 7) is 3.29. The Labute approximate surface area is 166 Å². The lowest BCUT2D eigenvalue weighted by Crippen LogP contribution is -2.35. The van der Waals surface area contributed by atoms with Crippen LogP contribution in [0.2, 0.25) is 0 Å². The van der Waals surface area contributed by atoms with Crippen LogP contribution in [0.3, 0.4) is 0 Å². The van der Waals surface area contributed by atoms with E-state index in [-0.39, 0.29) is 23.7 Å². The number of para-hydroxylation sites is 1. The van der Waals surface area contributed by atoms with Gasteiger partial charge in [-0.2, -0.15) is 4.31 Å². The van der Waals surface area contributed by atoms with Crippen molar-refractivity contribution < 1.29 is 22.7 Å². The standard InChI is InChI=1S/C21H25NO5S/c1-17-8-3-4-11-20(17)26-14-15-27-21(23)18-9-7-10-19(16-18)28(24,25)22-12-5-2-6-13-22/h3-4,7-11,16H,2,5-6,12-15H2,1H3. The van der Waals surface area contributed by atoms with Gasteiger partial charge in [0.25, 0.3) is 0 Å². The van der Waals surface area contributed by atoms with E-state index in [0.29, 0.717) is 13.1 Å². The fourth-order valence-corrected chi connectivity index (χ4v) is 4.69. The van der Waals surface area contributed by atoms with Crippen LogP contribution in [0.25, 0.3) is 0 Å². The number of hydrogen-bond acceptors (Lipinski definition) is 5. The van der Waals surface area contributed by atoms with Crippen molar-refractivity contribution in [1.29, 1.82) is 0 Å². The second-order valence-electron chi connectivity index (χ2n) is 6.74. The molecule has 7 heteroatoms. The van der Waals surface area contributed by atoms with E-state index < -0.39 is 16.0 Å². The van der Waals surface area contributed by atoms with Crippen molar-refractivity contribution in [2.24, 2.45) is 0 Å². The van der Waals surface area contributed by atoms with Crippen LogP contribution in [-0.4, -0.2) is 45.0 Å². The molecular weight excluding hydrogens is 378 g/mol. The Kier molecular flexibility index (Phi) is 6.70. The van der Waals surface area contributed by atoms with Gasteiger partial charge in [-0.15, -0.1) is 0 Å². The fourth-order valence-electron chi connectivity index (χ4n) is 3.13. The zero-order chi connectivity index (χ0) is 20.0. The maximum Gasteiger partial charge on any atom is 0.338 e. The van der Waals surface area contributed by atoms with Gasteiger partial charge in [-0.1, -0.05) is 30.7 Å². The molecule has 0 N–H and O–H groups in total. The van der Waals surface area contributed by atoms with Crippen molar-refractivity contribution in [3.8, 4) is 5.75 Å². The third-order valence-corrected chi connectivity index (χ3v) is 6.58. The zero-order valence-corrected chi connectivity index (χ0v) is 16.8. The topological polar surface area (TPSA) is 72.9 Å². The van der Waals surface area contributed by atoms with Crippen LogP contribution in [0.15, 0.2) is 53.4 Å². The summed E-state index contributed by atoms with van der Waals surface area (Å²) >= 11 is 0. The highest BCUT2D eigenvalue weighted by Gasteiger charge is 2.26. The molecule has 2 aromatic carbocycles. The molecule has 28 heavy (non-hydrogen) atoms. The van der Waals surface area contributed by atoms with Crippen LogP contribution in [0, 0.1) is 6.92 Å². The first kappa shape index (κ1) is 20.4. The molecule has 1 aliphatic rings. The van der Waals surface area contributed by atoms with Gasteiger partial charge < -0.3 is 9.47 Å². The van der Waals surface area contributed by atoms with E-state index in [1.165, 1.54) is 16.4 Å². The van der Waals surface area contributed by atoms with E-state index in [1.807, 2.05) is 31.2 Å². The molecule has 1 aliphatic heterocycles. The van der Waals surface area contributed by atoms with Gasteiger partial charge in [-0.05, 0) is 49.6 Å². The summed E-state index contributed by atoms with van der Waals surface area (Å²) in [5.41, 5.74) is 1.22. The lowest BCUT2D eigenvalue weighted by molar-refractivity contribution is 0.0450. The molecule has 0 bridgehead atoms. The van der Waals surface area contributed by atoms with E-state index in [9.17, 15) is 13.2 Å². The molecule has 1 saturated heterocycles. The monoisotopic (exact) mass is 403 g/mol.